The zero-order valence-corrected chi connectivity index (χ0v) is 12.1. The third-order valence-corrected chi connectivity index (χ3v) is 4.73. The summed E-state index contributed by atoms with van der Waals surface area (Å²) in [4.78, 5) is 0. The highest BCUT2D eigenvalue weighted by Gasteiger charge is 2.42. The topological polar surface area (TPSA) is 44.0 Å². The molecule has 1 aliphatic rings. The summed E-state index contributed by atoms with van der Waals surface area (Å²) in [5.74, 6) is 0.673. The fraction of sp³-hybridized carbons (Fsp3) is 0.588. The van der Waals surface area contributed by atoms with Crippen molar-refractivity contribution in [2.75, 3.05) is 0 Å². The summed E-state index contributed by atoms with van der Waals surface area (Å²) in [6.07, 6.45) is 3.02. The fourth-order valence-corrected chi connectivity index (χ4v) is 3.26. The SMILES string of the molecule is Cc1cccc(C)c1C(O)C1(C#N)CCC(C)CC1. The van der Waals surface area contributed by atoms with Gasteiger partial charge in [-0.1, -0.05) is 25.1 Å². The summed E-state index contributed by atoms with van der Waals surface area (Å²) in [6.45, 7) is 6.26. The van der Waals surface area contributed by atoms with Crippen molar-refractivity contribution in [2.24, 2.45) is 11.3 Å². The molecule has 0 aliphatic heterocycles. The van der Waals surface area contributed by atoms with Crippen molar-refractivity contribution in [3.8, 4) is 6.07 Å². The molecule has 1 atom stereocenters. The Kier molecular flexibility index (Phi) is 3.96. The molecular formula is C17H23NO. The van der Waals surface area contributed by atoms with Crippen LogP contribution in [0.1, 0.15) is 55.4 Å². The van der Waals surface area contributed by atoms with Crippen molar-refractivity contribution in [3.05, 3.63) is 34.9 Å². The predicted octanol–water partition coefficient (Wildman–Crippen LogP) is 4.06. The van der Waals surface area contributed by atoms with Crippen LogP contribution in [0.3, 0.4) is 0 Å². The third-order valence-electron chi connectivity index (χ3n) is 4.73. The number of aryl methyl sites for hydroxylation is 2. The van der Waals surface area contributed by atoms with Gasteiger partial charge in [-0.2, -0.15) is 5.26 Å². The lowest BCUT2D eigenvalue weighted by Gasteiger charge is -2.38. The van der Waals surface area contributed by atoms with E-state index in [1.54, 1.807) is 0 Å². The Balaban J connectivity index is 2.37. The lowest BCUT2D eigenvalue weighted by Crippen LogP contribution is -2.32. The molecule has 2 heteroatoms. The summed E-state index contributed by atoms with van der Waals surface area (Å²) in [5.41, 5.74) is 2.53. The summed E-state index contributed by atoms with van der Waals surface area (Å²) in [5, 5.41) is 20.5. The number of benzene rings is 1. The molecule has 1 aromatic carbocycles. The Labute approximate surface area is 116 Å². The minimum Gasteiger partial charge on any atom is -0.387 e. The van der Waals surface area contributed by atoms with E-state index in [1.165, 1.54) is 0 Å². The van der Waals surface area contributed by atoms with E-state index in [2.05, 4.69) is 13.0 Å². The molecule has 1 aromatic rings. The first kappa shape index (κ1) is 14.1. The van der Waals surface area contributed by atoms with Crippen LogP contribution in [0, 0.1) is 36.5 Å². The molecule has 19 heavy (non-hydrogen) atoms. The molecule has 0 amide bonds. The Hall–Kier alpha value is -1.33. The van der Waals surface area contributed by atoms with Crippen LogP contribution in [0.2, 0.25) is 0 Å². The zero-order chi connectivity index (χ0) is 14.0. The Morgan fingerprint density at radius 1 is 1.26 bits per heavy atom. The molecule has 1 unspecified atom stereocenters. The highest BCUT2D eigenvalue weighted by Crippen LogP contribution is 2.48. The molecule has 0 saturated heterocycles. The highest BCUT2D eigenvalue weighted by molar-refractivity contribution is 5.37. The monoisotopic (exact) mass is 257 g/mol. The Bertz CT molecular complexity index is 472. The molecule has 1 saturated carbocycles. The van der Waals surface area contributed by atoms with Crippen molar-refractivity contribution in [1.82, 2.24) is 0 Å². The number of rotatable bonds is 2. The van der Waals surface area contributed by atoms with E-state index in [9.17, 15) is 10.4 Å². The maximum atomic E-state index is 10.8. The molecule has 1 N–H and O–H groups in total. The second-order valence-electron chi connectivity index (χ2n) is 6.16. The molecule has 0 spiro atoms. The molecule has 1 aliphatic carbocycles. The zero-order valence-electron chi connectivity index (χ0n) is 12.1. The van der Waals surface area contributed by atoms with Crippen molar-refractivity contribution in [3.63, 3.8) is 0 Å². The highest BCUT2D eigenvalue weighted by atomic mass is 16.3. The number of nitrogens with zero attached hydrogens (tertiary/aromatic N) is 1. The fourth-order valence-electron chi connectivity index (χ4n) is 3.26. The van der Waals surface area contributed by atoms with Crippen LogP contribution in [0.15, 0.2) is 18.2 Å². The van der Waals surface area contributed by atoms with Gasteiger partial charge in [0.05, 0.1) is 17.6 Å². The van der Waals surface area contributed by atoms with E-state index >= 15 is 0 Å². The van der Waals surface area contributed by atoms with Crippen LogP contribution in [-0.4, -0.2) is 5.11 Å². The first-order valence-electron chi connectivity index (χ1n) is 7.15. The quantitative estimate of drug-likeness (QED) is 0.868. The van der Waals surface area contributed by atoms with Crippen molar-refractivity contribution < 1.29 is 5.11 Å². The molecule has 0 aromatic heterocycles. The van der Waals surface area contributed by atoms with E-state index in [1.807, 2.05) is 32.0 Å². The van der Waals surface area contributed by atoms with Gasteiger partial charge in [0.15, 0.2) is 0 Å². The first-order valence-corrected chi connectivity index (χ1v) is 7.15. The summed E-state index contributed by atoms with van der Waals surface area (Å²) >= 11 is 0. The number of aliphatic hydroxyl groups is 1. The largest absolute Gasteiger partial charge is 0.387 e. The van der Waals surface area contributed by atoms with Crippen LogP contribution in [0.5, 0.6) is 0 Å². The van der Waals surface area contributed by atoms with Gasteiger partial charge >= 0.3 is 0 Å². The molecule has 0 radical (unpaired) electrons. The maximum absolute atomic E-state index is 10.8. The van der Waals surface area contributed by atoms with Gasteiger partial charge in [-0.05, 0) is 62.1 Å². The minimum absolute atomic E-state index is 0.594. The second-order valence-corrected chi connectivity index (χ2v) is 6.16. The lowest BCUT2D eigenvalue weighted by molar-refractivity contribution is 0.0258. The number of hydrogen-bond donors (Lipinski definition) is 1. The van der Waals surface area contributed by atoms with Gasteiger partial charge < -0.3 is 5.11 Å². The van der Waals surface area contributed by atoms with Crippen molar-refractivity contribution in [1.29, 1.82) is 5.26 Å². The normalized spacial score (nSPS) is 28.7. The molecule has 2 nitrogen and oxygen atoms in total. The first-order chi connectivity index (χ1) is 9.00. The van der Waals surface area contributed by atoms with E-state index in [0.29, 0.717) is 5.92 Å². The van der Waals surface area contributed by atoms with Gasteiger partial charge in [0, 0.05) is 0 Å². The van der Waals surface area contributed by atoms with E-state index in [4.69, 9.17) is 0 Å². The van der Waals surface area contributed by atoms with Gasteiger partial charge in [0.2, 0.25) is 0 Å². The number of hydrogen-bond acceptors (Lipinski definition) is 2. The van der Waals surface area contributed by atoms with Gasteiger partial charge in [-0.3, -0.25) is 0 Å². The van der Waals surface area contributed by atoms with Crippen LogP contribution in [0.4, 0.5) is 0 Å². The van der Waals surface area contributed by atoms with Gasteiger partial charge in [-0.15, -0.1) is 0 Å². The Morgan fingerprint density at radius 3 is 2.26 bits per heavy atom. The Morgan fingerprint density at radius 2 is 1.79 bits per heavy atom. The van der Waals surface area contributed by atoms with Crippen molar-refractivity contribution >= 4 is 0 Å². The average Bonchev–Trinajstić information content (AvgIpc) is 2.39. The summed E-state index contributed by atoms with van der Waals surface area (Å²) in [7, 11) is 0. The standard InChI is InChI=1S/C17H23NO/c1-12-7-9-17(11-18,10-8-12)16(19)15-13(2)5-4-6-14(15)3/h4-6,12,16,19H,7-10H2,1-3H3. The molecule has 2 rings (SSSR count). The van der Waals surface area contributed by atoms with Crippen molar-refractivity contribution in [2.45, 2.75) is 52.6 Å². The van der Waals surface area contributed by atoms with Crippen LogP contribution < -0.4 is 0 Å². The predicted molar refractivity (Wildman–Crippen MR) is 76.6 cm³/mol. The van der Waals surface area contributed by atoms with E-state index in [-0.39, 0.29) is 0 Å². The van der Waals surface area contributed by atoms with Gasteiger partial charge in [0.25, 0.3) is 0 Å². The van der Waals surface area contributed by atoms with Crippen LogP contribution >= 0.6 is 0 Å². The maximum Gasteiger partial charge on any atom is 0.0981 e. The van der Waals surface area contributed by atoms with Gasteiger partial charge in [-0.25, -0.2) is 0 Å². The number of aliphatic hydroxyl groups excluding tert-OH is 1. The summed E-state index contributed by atoms with van der Waals surface area (Å²) in [6, 6.07) is 8.48. The molecule has 102 valence electrons. The van der Waals surface area contributed by atoms with Crippen LogP contribution in [-0.2, 0) is 0 Å². The van der Waals surface area contributed by atoms with Crippen LogP contribution in [0.25, 0.3) is 0 Å². The third kappa shape index (κ3) is 2.53. The lowest BCUT2D eigenvalue weighted by atomic mass is 9.66. The molecule has 0 bridgehead atoms. The van der Waals surface area contributed by atoms with Gasteiger partial charge in [0.1, 0.15) is 0 Å². The second kappa shape index (κ2) is 5.35. The molecule has 1 fully saturated rings. The summed E-state index contributed by atoms with van der Waals surface area (Å²) < 4.78 is 0. The van der Waals surface area contributed by atoms with E-state index in [0.717, 1.165) is 42.4 Å². The number of nitriles is 1. The minimum atomic E-state index is -0.661. The average molecular weight is 257 g/mol. The molecule has 0 heterocycles. The smallest absolute Gasteiger partial charge is 0.0981 e. The van der Waals surface area contributed by atoms with E-state index < -0.39 is 11.5 Å². The molecular weight excluding hydrogens is 234 g/mol.